The van der Waals surface area contributed by atoms with Gasteiger partial charge in [0.2, 0.25) is 0 Å². The van der Waals surface area contributed by atoms with E-state index in [1.807, 2.05) is 84.9 Å². The first kappa shape index (κ1) is 37.4. The first-order valence-corrected chi connectivity index (χ1v) is 11.3. The molecule has 0 fully saturated rings. The third kappa shape index (κ3) is 12.6. The van der Waals surface area contributed by atoms with E-state index in [4.69, 9.17) is 40.9 Å². The molecule has 2 N–H and O–H groups in total. The van der Waals surface area contributed by atoms with Gasteiger partial charge in [0.15, 0.2) is 11.6 Å². The minimum Gasteiger partial charge on any atom is -0.400 e. The van der Waals surface area contributed by atoms with Crippen LogP contribution in [-0.4, -0.2) is 74.6 Å². The number of hydrogen-bond acceptors (Lipinski definition) is 14. The summed E-state index contributed by atoms with van der Waals surface area (Å²) in [6.07, 6.45) is 3.48. The number of rotatable bonds is 2. The summed E-state index contributed by atoms with van der Waals surface area (Å²) in [6, 6.07) is 27.1. The Morgan fingerprint density at radius 2 is 0.860 bits per heavy atom. The van der Waals surface area contributed by atoms with Gasteiger partial charge in [-0.15, -0.1) is 10.2 Å². The number of fused-ring (bicyclic) bond motifs is 2. The number of para-hydroxylation sites is 2. The molecule has 0 amide bonds. The SMILES string of the molecule is CO.CO.O=[N+]([O-])[O-].O=[N+]([O-])[O-].[Cu+2].c1ccc(-n2nnc3ccccc32)nc1.c1ccc(-n2nnc3ccccc32)nc1. The monoisotopic (exact) mass is 643 g/mol. The van der Waals surface area contributed by atoms with E-state index in [-0.39, 0.29) is 17.1 Å². The third-order valence-corrected chi connectivity index (χ3v) is 4.44. The van der Waals surface area contributed by atoms with E-state index in [1.165, 1.54) is 0 Å². The molecule has 0 unspecified atom stereocenters. The van der Waals surface area contributed by atoms with Crippen LogP contribution in [0.3, 0.4) is 0 Å². The smallest absolute Gasteiger partial charge is 0.400 e. The van der Waals surface area contributed by atoms with Crippen molar-refractivity contribution >= 4 is 22.1 Å². The molecular weight excluding hydrogens is 620 g/mol. The molecule has 0 saturated heterocycles. The van der Waals surface area contributed by atoms with Gasteiger partial charge in [-0.25, -0.2) is 9.97 Å². The number of aromatic nitrogens is 8. The Hall–Kier alpha value is -5.62. The summed E-state index contributed by atoms with van der Waals surface area (Å²) in [5.74, 6) is 1.57. The minimum absolute atomic E-state index is 0. The Balaban J connectivity index is 0.000000595. The number of aliphatic hydroxyl groups is 2. The molecule has 0 atom stereocenters. The molecule has 6 rings (SSSR count). The number of pyridine rings is 2. The first-order chi connectivity index (χ1) is 20.4. The second kappa shape index (κ2) is 21.2. The van der Waals surface area contributed by atoms with Crippen LogP contribution >= 0.6 is 0 Å². The number of aliphatic hydroxyl groups excluding tert-OH is 2. The van der Waals surface area contributed by atoms with Crippen molar-refractivity contribution in [3.05, 3.63) is 128 Å². The third-order valence-electron chi connectivity index (χ3n) is 4.44. The zero-order valence-corrected chi connectivity index (χ0v) is 23.3. The van der Waals surface area contributed by atoms with Gasteiger partial charge < -0.3 is 40.9 Å². The topological polar surface area (TPSA) is 260 Å². The molecule has 18 nitrogen and oxygen atoms in total. The second-order valence-electron chi connectivity index (χ2n) is 6.80. The van der Waals surface area contributed by atoms with Crippen LogP contribution < -0.4 is 0 Å². The van der Waals surface area contributed by atoms with Crippen LogP contribution in [-0.2, 0) is 17.1 Å². The van der Waals surface area contributed by atoms with Gasteiger partial charge in [0, 0.05) is 26.6 Å². The molecule has 0 saturated carbocycles. The van der Waals surface area contributed by atoms with Crippen molar-refractivity contribution < 1.29 is 37.5 Å². The van der Waals surface area contributed by atoms with E-state index >= 15 is 0 Å². The fraction of sp³-hybridized carbons (Fsp3) is 0.0833. The average Bonchev–Trinajstić information content (AvgIpc) is 3.65. The Morgan fingerprint density at radius 3 is 1.16 bits per heavy atom. The van der Waals surface area contributed by atoms with Gasteiger partial charge in [0.25, 0.3) is 0 Å². The predicted molar refractivity (Wildman–Crippen MR) is 150 cm³/mol. The summed E-state index contributed by atoms with van der Waals surface area (Å²) in [5, 5.41) is 59.8. The minimum atomic E-state index is -1.75. The fourth-order valence-corrected chi connectivity index (χ4v) is 3.03. The van der Waals surface area contributed by atoms with Crippen LogP contribution in [0, 0.1) is 30.6 Å². The Morgan fingerprint density at radius 1 is 0.558 bits per heavy atom. The zero-order chi connectivity index (χ0) is 31.3. The number of hydrogen-bond donors (Lipinski definition) is 2. The average molecular weight is 644 g/mol. The summed E-state index contributed by atoms with van der Waals surface area (Å²) in [7, 11) is 2.00. The van der Waals surface area contributed by atoms with E-state index in [0.717, 1.165) is 47.9 Å². The summed E-state index contributed by atoms with van der Waals surface area (Å²) < 4.78 is 3.46. The molecular formula is C24H24CuN10O8. The van der Waals surface area contributed by atoms with Crippen LogP contribution in [0.25, 0.3) is 33.7 Å². The standard InChI is InChI=1S/2C11H8N4.2CH4O.Cu.2NO3/c2*1-2-6-10-9(5-1)13-14-15(10)11-7-3-4-8-12-11;2*1-2;;2*2-1(3)4/h2*1-8H;2*2H,1H3;;;/q;;;;+2;2*-1. The molecule has 0 aliphatic rings. The maximum Gasteiger partial charge on any atom is 2.00 e. The Labute approximate surface area is 253 Å². The normalized spacial score (nSPS) is 8.84. The van der Waals surface area contributed by atoms with E-state index < -0.39 is 10.2 Å². The molecule has 4 aromatic heterocycles. The van der Waals surface area contributed by atoms with Gasteiger partial charge in [-0.05, 0) is 48.5 Å². The van der Waals surface area contributed by atoms with E-state index in [2.05, 4.69) is 30.6 Å². The van der Waals surface area contributed by atoms with Crippen molar-refractivity contribution in [2.24, 2.45) is 0 Å². The van der Waals surface area contributed by atoms with Crippen LogP contribution in [0.2, 0.25) is 0 Å². The van der Waals surface area contributed by atoms with E-state index in [9.17, 15) is 0 Å². The summed E-state index contributed by atoms with van der Waals surface area (Å²) in [5.41, 5.74) is 3.69. The van der Waals surface area contributed by atoms with Gasteiger partial charge >= 0.3 is 17.1 Å². The molecule has 0 spiro atoms. The van der Waals surface area contributed by atoms with Crippen LogP contribution in [0.4, 0.5) is 0 Å². The Bertz CT molecular complexity index is 1490. The van der Waals surface area contributed by atoms with Crippen molar-refractivity contribution in [1.82, 2.24) is 40.0 Å². The van der Waals surface area contributed by atoms with Gasteiger partial charge in [-0.1, -0.05) is 46.8 Å². The van der Waals surface area contributed by atoms with Crippen LogP contribution in [0.1, 0.15) is 0 Å². The maximum atomic E-state index is 8.25. The predicted octanol–water partition coefficient (Wildman–Crippen LogP) is 2.37. The molecule has 0 aliphatic heterocycles. The molecule has 4 heterocycles. The van der Waals surface area contributed by atoms with Gasteiger partial charge in [-0.2, -0.15) is 9.36 Å². The van der Waals surface area contributed by atoms with Gasteiger partial charge in [0.1, 0.15) is 11.0 Å². The van der Waals surface area contributed by atoms with E-state index in [1.54, 1.807) is 21.8 Å². The van der Waals surface area contributed by atoms with Gasteiger partial charge in [0.05, 0.1) is 21.2 Å². The van der Waals surface area contributed by atoms with Crippen molar-refractivity contribution in [2.45, 2.75) is 0 Å². The molecule has 1 radical (unpaired) electrons. The summed E-state index contributed by atoms with van der Waals surface area (Å²) in [6.45, 7) is 0. The molecule has 0 aliphatic carbocycles. The molecule has 0 bridgehead atoms. The van der Waals surface area contributed by atoms with Crippen LogP contribution in [0.5, 0.6) is 0 Å². The van der Waals surface area contributed by atoms with E-state index in [0.29, 0.717) is 0 Å². The second-order valence-corrected chi connectivity index (χ2v) is 6.80. The first-order valence-electron chi connectivity index (χ1n) is 11.3. The molecule has 2 aromatic carbocycles. The summed E-state index contributed by atoms with van der Waals surface area (Å²) in [4.78, 5) is 25.0. The van der Waals surface area contributed by atoms with Crippen molar-refractivity contribution in [1.29, 1.82) is 0 Å². The van der Waals surface area contributed by atoms with Crippen molar-refractivity contribution in [2.75, 3.05) is 14.2 Å². The fourth-order valence-electron chi connectivity index (χ4n) is 3.03. The number of nitrogens with zero attached hydrogens (tertiary/aromatic N) is 10. The maximum absolute atomic E-state index is 8.25. The van der Waals surface area contributed by atoms with Crippen molar-refractivity contribution in [3.63, 3.8) is 0 Å². The molecule has 19 heteroatoms. The van der Waals surface area contributed by atoms with Crippen LogP contribution in [0.15, 0.2) is 97.3 Å². The molecule has 6 aromatic rings. The molecule has 43 heavy (non-hydrogen) atoms. The molecule has 229 valence electrons. The largest absolute Gasteiger partial charge is 2.00 e. The Kier molecular flexibility index (Phi) is 18.4. The zero-order valence-electron chi connectivity index (χ0n) is 22.4. The summed E-state index contributed by atoms with van der Waals surface area (Å²) >= 11 is 0. The van der Waals surface area contributed by atoms with Gasteiger partial charge in [-0.3, -0.25) is 0 Å². The van der Waals surface area contributed by atoms with Crippen molar-refractivity contribution in [3.8, 4) is 11.6 Å². The quantitative estimate of drug-likeness (QED) is 0.156. The number of benzene rings is 2.